The van der Waals surface area contributed by atoms with Crippen LogP contribution in [0.1, 0.15) is 20.8 Å². The van der Waals surface area contributed by atoms with E-state index in [0.717, 1.165) is 11.8 Å². The molecule has 0 bridgehead atoms. The van der Waals surface area contributed by atoms with Crippen LogP contribution in [0.2, 0.25) is 0 Å². The summed E-state index contributed by atoms with van der Waals surface area (Å²) in [6.45, 7) is 5.86. The molecule has 0 saturated carbocycles. The van der Waals surface area contributed by atoms with Gasteiger partial charge < -0.3 is 4.42 Å². The molecule has 0 unspecified atom stereocenters. The zero-order valence-electron chi connectivity index (χ0n) is 13.7. The Bertz CT molecular complexity index is 814. The summed E-state index contributed by atoms with van der Waals surface area (Å²) in [4.78, 5) is 11.2. The summed E-state index contributed by atoms with van der Waals surface area (Å²) >= 11 is 1.15. The second-order valence-electron chi connectivity index (χ2n) is 4.98. The van der Waals surface area contributed by atoms with Crippen LogP contribution < -0.4 is 0 Å². The lowest BCUT2D eigenvalue weighted by Gasteiger charge is -2.18. The molecule has 24 heavy (non-hydrogen) atoms. The van der Waals surface area contributed by atoms with Gasteiger partial charge in [-0.1, -0.05) is 31.7 Å². The van der Waals surface area contributed by atoms with Crippen molar-refractivity contribution in [3.8, 4) is 11.5 Å². The lowest BCUT2D eigenvalue weighted by atomic mass is 10.2. The third-order valence-corrected chi connectivity index (χ3v) is 6.24. The molecule has 1 aromatic carbocycles. The Morgan fingerprint density at radius 3 is 2.58 bits per heavy atom. The first-order valence-corrected chi connectivity index (χ1v) is 9.87. The predicted octanol–water partition coefficient (Wildman–Crippen LogP) is 2.45. The Labute approximate surface area is 145 Å². The summed E-state index contributed by atoms with van der Waals surface area (Å²) < 4.78 is 32.0. The van der Waals surface area contributed by atoms with Gasteiger partial charge >= 0.3 is 0 Å². The van der Waals surface area contributed by atoms with Crippen molar-refractivity contribution in [3.05, 3.63) is 24.3 Å². The average molecular weight is 369 g/mol. The van der Waals surface area contributed by atoms with Crippen LogP contribution in [0.5, 0.6) is 0 Å². The van der Waals surface area contributed by atoms with Gasteiger partial charge in [-0.15, -0.1) is 10.2 Å². The first-order chi connectivity index (χ1) is 11.4. The molecule has 0 aliphatic carbocycles. The molecule has 0 aliphatic heterocycles. The van der Waals surface area contributed by atoms with Crippen molar-refractivity contribution in [2.75, 3.05) is 18.8 Å². The van der Waals surface area contributed by atoms with Crippen LogP contribution in [0, 0.1) is 0 Å². The van der Waals surface area contributed by atoms with Crippen LogP contribution in [-0.4, -0.2) is 47.5 Å². The number of hydrogen-bond donors (Lipinski definition) is 0. The van der Waals surface area contributed by atoms with E-state index >= 15 is 0 Å². The number of benzene rings is 1. The number of carbonyl (C=O) groups excluding carboxylic acids is 1. The van der Waals surface area contributed by atoms with Crippen molar-refractivity contribution >= 4 is 27.6 Å². The van der Waals surface area contributed by atoms with E-state index in [0.29, 0.717) is 18.7 Å². The number of rotatable bonds is 8. The van der Waals surface area contributed by atoms with E-state index in [2.05, 4.69) is 10.2 Å². The summed E-state index contributed by atoms with van der Waals surface area (Å²) in [6.07, 6.45) is 0. The fourth-order valence-electron chi connectivity index (χ4n) is 2.05. The monoisotopic (exact) mass is 369 g/mol. The van der Waals surface area contributed by atoms with E-state index in [1.807, 2.05) is 0 Å². The number of hydrogen-bond acceptors (Lipinski definition) is 7. The molecule has 2 aromatic rings. The third kappa shape index (κ3) is 4.22. The lowest BCUT2D eigenvalue weighted by molar-refractivity contribution is -0.114. The molecule has 2 rings (SSSR count). The van der Waals surface area contributed by atoms with Gasteiger partial charge in [-0.2, -0.15) is 4.31 Å². The van der Waals surface area contributed by atoms with Crippen LogP contribution in [0.25, 0.3) is 11.5 Å². The predicted molar refractivity (Wildman–Crippen MR) is 91.2 cm³/mol. The van der Waals surface area contributed by atoms with Crippen molar-refractivity contribution in [2.24, 2.45) is 0 Å². The van der Waals surface area contributed by atoms with Gasteiger partial charge in [0, 0.05) is 18.7 Å². The topological polar surface area (TPSA) is 93.4 Å². The first kappa shape index (κ1) is 18.6. The largest absolute Gasteiger partial charge is 0.411 e. The highest BCUT2D eigenvalue weighted by molar-refractivity contribution is 7.99. The Hall–Kier alpha value is -1.71. The van der Waals surface area contributed by atoms with E-state index < -0.39 is 10.0 Å². The van der Waals surface area contributed by atoms with Gasteiger partial charge in [0.2, 0.25) is 15.9 Å². The highest BCUT2D eigenvalue weighted by Crippen LogP contribution is 2.26. The number of aromatic nitrogens is 2. The number of nitrogens with zero attached hydrogens (tertiary/aromatic N) is 3. The van der Waals surface area contributed by atoms with Crippen molar-refractivity contribution in [2.45, 2.75) is 30.9 Å². The van der Waals surface area contributed by atoms with Crippen molar-refractivity contribution in [1.29, 1.82) is 0 Å². The molecule has 130 valence electrons. The Morgan fingerprint density at radius 2 is 1.96 bits per heavy atom. The molecule has 0 spiro atoms. The Balaban J connectivity index is 2.29. The van der Waals surface area contributed by atoms with Crippen molar-refractivity contribution in [3.63, 3.8) is 0 Å². The second kappa shape index (κ2) is 7.91. The molecule has 0 amide bonds. The quantitative estimate of drug-likeness (QED) is 0.660. The van der Waals surface area contributed by atoms with Crippen LogP contribution in [0.15, 0.2) is 38.8 Å². The minimum Gasteiger partial charge on any atom is -0.411 e. The maximum absolute atomic E-state index is 12.6. The second-order valence-corrected chi connectivity index (χ2v) is 7.85. The lowest BCUT2D eigenvalue weighted by Crippen LogP contribution is -2.30. The summed E-state index contributed by atoms with van der Waals surface area (Å²) in [5.41, 5.74) is 0.519. The van der Waals surface area contributed by atoms with Gasteiger partial charge in [0.1, 0.15) is 5.78 Å². The first-order valence-electron chi connectivity index (χ1n) is 7.44. The molecule has 1 heterocycles. The molecule has 0 fully saturated rings. The van der Waals surface area contributed by atoms with E-state index in [4.69, 9.17) is 4.42 Å². The van der Waals surface area contributed by atoms with Gasteiger partial charge in [0.15, 0.2) is 0 Å². The minimum absolute atomic E-state index is 0.00654. The molecule has 0 atom stereocenters. The molecule has 0 saturated heterocycles. The van der Waals surface area contributed by atoms with Gasteiger partial charge in [-0.05, 0) is 25.1 Å². The summed E-state index contributed by atoms with van der Waals surface area (Å²) in [5.74, 6) is 0.475. The molecule has 0 aliphatic rings. The van der Waals surface area contributed by atoms with E-state index in [1.54, 1.807) is 32.0 Å². The van der Waals surface area contributed by atoms with E-state index in [1.165, 1.54) is 17.3 Å². The fraction of sp³-hybridized carbons (Fsp3) is 0.400. The number of ketones is 1. The van der Waals surface area contributed by atoms with Crippen LogP contribution in [0.3, 0.4) is 0 Å². The van der Waals surface area contributed by atoms with Crippen LogP contribution in [-0.2, 0) is 14.8 Å². The summed E-state index contributed by atoms with van der Waals surface area (Å²) in [7, 11) is -3.55. The summed E-state index contributed by atoms with van der Waals surface area (Å²) in [6, 6.07) is 6.39. The molecular formula is C15H19N3O4S2. The zero-order valence-corrected chi connectivity index (χ0v) is 15.4. The molecule has 9 heteroatoms. The van der Waals surface area contributed by atoms with Crippen LogP contribution >= 0.6 is 11.8 Å². The normalized spacial score (nSPS) is 11.8. The van der Waals surface area contributed by atoms with Gasteiger partial charge in [-0.3, -0.25) is 4.79 Å². The Morgan fingerprint density at radius 1 is 1.25 bits per heavy atom. The molecular weight excluding hydrogens is 350 g/mol. The van der Waals surface area contributed by atoms with E-state index in [9.17, 15) is 13.2 Å². The smallest absolute Gasteiger partial charge is 0.277 e. The van der Waals surface area contributed by atoms with Gasteiger partial charge in [-0.25, -0.2) is 8.42 Å². The number of sulfonamides is 1. The number of Topliss-reactive ketones (excluding diaryl/α,β-unsaturated/α-hetero) is 1. The molecule has 1 aromatic heterocycles. The maximum atomic E-state index is 12.6. The summed E-state index contributed by atoms with van der Waals surface area (Å²) in [5, 5.41) is 8.05. The Kier molecular flexibility index (Phi) is 6.14. The van der Waals surface area contributed by atoms with Crippen molar-refractivity contribution in [1.82, 2.24) is 14.5 Å². The van der Waals surface area contributed by atoms with Gasteiger partial charge in [0.05, 0.1) is 10.6 Å². The number of carbonyl (C=O) groups is 1. The SMILES string of the molecule is CCN(CC)S(=O)(=O)c1cccc(-c2nnc(SCC(C)=O)o2)c1. The highest BCUT2D eigenvalue weighted by atomic mass is 32.2. The maximum Gasteiger partial charge on any atom is 0.277 e. The third-order valence-electron chi connectivity index (χ3n) is 3.23. The van der Waals surface area contributed by atoms with Gasteiger partial charge in [0.25, 0.3) is 5.22 Å². The van der Waals surface area contributed by atoms with E-state index in [-0.39, 0.29) is 27.5 Å². The minimum atomic E-state index is -3.55. The van der Waals surface area contributed by atoms with Crippen LogP contribution in [0.4, 0.5) is 0 Å². The fourth-order valence-corrected chi connectivity index (χ4v) is 4.12. The molecule has 7 nitrogen and oxygen atoms in total. The zero-order chi connectivity index (χ0) is 17.7. The van der Waals surface area contributed by atoms with Crippen molar-refractivity contribution < 1.29 is 17.6 Å². The standard InChI is InChI=1S/C15H19N3O4S2/c1-4-18(5-2)24(20,21)13-8-6-7-12(9-13)14-16-17-15(22-14)23-10-11(3)19/h6-9H,4-5,10H2,1-3H3. The average Bonchev–Trinajstić information content (AvgIpc) is 3.03. The number of thioether (sulfide) groups is 1. The molecule has 0 radical (unpaired) electrons. The molecule has 0 N–H and O–H groups in total. The highest BCUT2D eigenvalue weighted by Gasteiger charge is 2.22.